The Kier molecular flexibility index (Phi) is 2.85. The van der Waals surface area contributed by atoms with Gasteiger partial charge in [-0.1, -0.05) is 33.3 Å². The number of rotatable bonds is 2. The first-order chi connectivity index (χ1) is 8.86. The summed E-state index contributed by atoms with van der Waals surface area (Å²) in [5, 5.41) is 8.94. The summed E-state index contributed by atoms with van der Waals surface area (Å²) in [7, 11) is 0. The Bertz CT molecular complexity index is 423. The standard InChI is InChI=1S/C17H26O2/c1-16(2)9-4-10-17(3)12(7-8-14(18)19)11-5-6-13(17)15(11)16/h7-8,11-13,15H,4-6,9-10H2,1-3H3,(H,18,19)/b8-7+/t11-,12+,13-,15-,17-/m1/s1. The molecule has 0 spiro atoms. The van der Waals surface area contributed by atoms with E-state index < -0.39 is 5.97 Å². The Hall–Kier alpha value is -0.790. The fourth-order valence-corrected chi connectivity index (χ4v) is 6.02. The second-order valence-electron chi connectivity index (χ2n) is 7.94. The number of carbonyl (C=O) groups is 1. The zero-order chi connectivity index (χ0) is 13.8. The third-order valence-corrected chi connectivity index (χ3v) is 6.66. The molecule has 0 saturated heterocycles. The summed E-state index contributed by atoms with van der Waals surface area (Å²) in [6.07, 6.45) is 10.0. The number of allylic oxidation sites excluding steroid dienone is 1. The summed E-state index contributed by atoms with van der Waals surface area (Å²) in [5.74, 6) is 2.05. The topological polar surface area (TPSA) is 37.3 Å². The highest BCUT2D eigenvalue weighted by Crippen LogP contribution is 2.70. The molecule has 5 atom stereocenters. The van der Waals surface area contributed by atoms with Crippen molar-refractivity contribution < 1.29 is 9.90 Å². The van der Waals surface area contributed by atoms with Crippen molar-refractivity contribution in [2.75, 3.05) is 0 Å². The van der Waals surface area contributed by atoms with Crippen LogP contribution in [0.4, 0.5) is 0 Å². The fourth-order valence-electron chi connectivity index (χ4n) is 6.02. The van der Waals surface area contributed by atoms with Gasteiger partial charge in [0.2, 0.25) is 0 Å². The first-order valence-corrected chi connectivity index (χ1v) is 7.77. The Morgan fingerprint density at radius 3 is 2.63 bits per heavy atom. The molecule has 106 valence electrons. The van der Waals surface area contributed by atoms with Crippen LogP contribution >= 0.6 is 0 Å². The SMILES string of the molecule is CC1(C)CCC[C@@]2(C)[C@@H]3CC[C@@H]([C@H]31)[C@@H]2/C=C/C(=O)O. The highest BCUT2D eigenvalue weighted by atomic mass is 16.4. The van der Waals surface area contributed by atoms with Gasteiger partial charge in [0.1, 0.15) is 0 Å². The van der Waals surface area contributed by atoms with Crippen LogP contribution < -0.4 is 0 Å². The van der Waals surface area contributed by atoms with Gasteiger partial charge >= 0.3 is 5.97 Å². The number of carboxylic acid groups (broad SMARTS) is 1. The first-order valence-electron chi connectivity index (χ1n) is 7.77. The summed E-state index contributed by atoms with van der Waals surface area (Å²) < 4.78 is 0. The molecule has 3 aliphatic rings. The maximum absolute atomic E-state index is 10.9. The third-order valence-electron chi connectivity index (χ3n) is 6.66. The second-order valence-corrected chi connectivity index (χ2v) is 7.94. The highest BCUT2D eigenvalue weighted by molar-refractivity contribution is 5.79. The predicted octanol–water partition coefficient (Wildman–Crippen LogP) is 4.12. The Morgan fingerprint density at radius 1 is 1.21 bits per heavy atom. The lowest BCUT2D eigenvalue weighted by Gasteiger charge is -2.40. The lowest BCUT2D eigenvalue weighted by molar-refractivity contribution is -0.131. The van der Waals surface area contributed by atoms with Gasteiger partial charge in [0.25, 0.3) is 0 Å². The normalized spacial score (nSPS) is 47.5. The number of aliphatic carboxylic acids is 1. The molecule has 0 aromatic heterocycles. The van der Waals surface area contributed by atoms with Crippen molar-refractivity contribution in [2.24, 2.45) is 34.5 Å². The average molecular weight is 262 g/mol. The van der Waals surface area contributed by atoms with Crippen molar-refractivity contribution >= 4 is 5.97 Å². The minimum Gasteiger partial charge on any atom is -0.478 e. The van der Waals surface area contributed by atoms with Gasteiger partial charge in [0.15, 0.2) is 0 Å². The maximum atomic E-state index is 10.9. The molecule has 2 heteroatoms. The monoisotopic (exact) mass is 262 g/mol. The maximum Gasteiger partial charge on any atom is 0.327 e. The number of hydrogen-bond donors (Lipinski definition) is 1. The van der Waals surface area contributed by atoms with Crippen LogP contribution in [-0.4, -0.2) is 11.1 Å². The van der Waals surface area contributed by atoms with E-state index in [-0.39, 0.29) is 0 Å². The van der Waals surface area contributed by atoms with E-state index in [9.17, 15) is 4.79 Å². The molecular formula is C17H26O2. The van der Waals surface area contributed by atoms with Gasteiger partial charge in [-0.3, -0.25) is 0 Å². The third kappa shape index (κ3) is 1.79. The molecule has 0 aliphatic heterocycles. The van der Waals surface area contributed by atoms with Crippen LogP contribution in [0.15, 0.2) is 12.2 Å². The van der Waals surface area contributed by atoms with E-state index in [0.29, 0.717) is 16.7 Å². The molecular weight excluding hydrogens is 236 g/mol. The van der Waals surface area contributed by atoms with Crippen molar-refractivity contribution in [3.05, 3.63) is 12.2 Å². The van der Waals surface area contributed by atoms with Crippen molar-refractivity contribution in [1.29, 1.82) is 0 Å². The number of hydrogen-bond acceptors (Lipinski definition) is 1. The quantitative estimate of drug-likeness (QED) is 0.760. The van der Waals surface area contributed by atoms with Gasteiger partial charge in [-0.2, -0.15) is 0 Å². The molecule has 3 aliphatic carbocycles. The van der Waals surface area contributed by atoms with Gasteiger partial charge in [0.05, 0.1) is 0 Å². The molecule has 0 heterocycles. The van der Waals surface area contributed by atoms with Crippen LogP contribution in [0.5, 0.6) is 0 Å². The molecule has 0 unspecified atom stereocenters. The van der Waals surface area contributed by atoms with Crippen molar-refractivity contribution in [1.82, 2.24) is 0 Å². The largest absolute Gasteiger partial charge is 0.478 e. The van der Waals surface area contributed by atoms with Gasteiger partial charge < -0.3 is 5.11 Å². The molecule has 0 aromatic rings. The zero-order valence-electron chi connectivity index (χ0n) is 12.4. The van der Waals surface area contributed by atoms with Crippen LogP contribution in [0.2, 0.25) is 0 Å². The summed E-state index contributed by atoms with van der Waals surface area (Å²) in [5.41, 5.74) is 0.794. The number of carboxylic acids is 1. The van der Waals surface area contributed by atoms with E-state index >= 15 is 0 Å². The van der Waals surface area contributed by atoms with Crippen molar-refractivity contribution in [3.8, 4) is 0 Å². The van der Waals surface area contributed by atoms with Crippen LogP contribution in [0.1, 0.15) is 52.9 Å². The average Bonchev–Trinajstić information content (AvgIpc) is 2.78. The highest BCUT2D eigenvalue weighted by Gasteiger charge is 2.63. The lowest BCUT2D eigenvalue weighted by atomic mass is 9.65. The minimum atomic E-state index is -0.794. The van der Waals surface area contributed by atoms with Crippen LogP contribution in [0, 0.1) is 34.5 Å². The molecule has 0 aromatic carbocycles. The van der Waals surface area contributed by atoms with Gasteiger partial charge in [-0.15, -0.1) is 0 Å². The molecule has 4 bridgehead atoms. The first kappa shape index (κ1) is 13.2. The predicted molar refractivity (Wildman–Crippen MR) is 75.7 cm³/mol. The smallest absolute Gasteiger partial charge is 0.327 e. The molecule has 3 saturated carbocycles. The molecule has 3 rings (SSSR count). The summed E-state index contributed by atoms with van der Waals surface area (Å²) in [6, 6.07) is 0. The van der Waals surface area contributed by atoms with Gasteiger partial charge in [-0.05, 0) is 60.2 Å². The molecule has 3 fully saturated rings. The lowest BCUT2D eigenvalue weighted by Crippen LogP contribution is -2.32. The Balaban J connectivity index is 1.99. The molecule has 1 N–H and O–H groups in total. The second kappa shape index (κ2) is 4.10. The fraction of sp³-hybridized carbons (Fsp3) is 0.824. The Morgan fingerprint density at radius 2 is 1.95 bits per heavy atom. The molecule has 0 amide bonds. The summed E-state index contributed by atoms with van der Waals surface area (Å²) >= 11 is 0. The minimum absolute atomic E-state index is 0.354. The summed E-state index contributed by atoms with van der Waals surface area (Å²) in [4.78, 5) is 10.9. The van der Waals surface area contributed by atoms with E-state index in [2.05, 4.69) is 20.8 Å². The zero-order valence-corrected chi connectivity index (χ0v) is 12.4. The van der Waals surface area contributed by atoms with Gasteiger partial charge in [0, 0.05) is 6.08 Å². The summed E-state index contributed by atoms with van der Waals surface area (Å²) in [6.45, 7) is 7.32. The van der Waals surface area contributed by atoms with Crippen LogP contribution in [-0.2, 0) is 4.79 Å². The van der Waals surface area contributed by atoms with Crippen LogP contribution in [0.25, 0.3) is 0 Å². The van der Waals surface area contributed by atoms with E-state index in [1.54, 1.807) is 0 Å². The molecule has 2 nitrogen and oxygen atoms in total. The van der Waals surface area contributed by atoms with E-state index in [1.807, 2.05) is 6.08 Å². The van der Waals surface area contributed by atoms with E-state index in [0.717, 1.165) is 17.8 Å². The van der Waals surface area contributed by atoms with Crippen LogP contribution in [0.3, 0.4) is 0 Å². The van der Waals surface area contributed by atoms with Crippen molar-refractivity contribution in [2.45, 2.75) is 52.9 Å². The molecule has 19 heavy (non-hydrogen) atoms. The Labute approximate surface area is 116 Å². The van der Waals surface area contributed by atoms with E-state index in [1.165, 1.54) is 38.2 Å². The van der Waals surface area contributed by atoms with E-state index in [4.69, 9.17) is 5.11 Å². The van der Waals surface area contributed by atoms with Gasteiger partial charge in [-0.25, -0.2) is 4.79 Å². The molecule has 0 radical (unpaired) electrons. The van der Waals surface area contributed by atoms with Crippen molar-refractivity contribution in [3.63, 3.8) is 0 Å².